The van der Waals surface area contributed by atoms with Gasteiger partial charge in [-0.15, -0.1) is 0 Å². The summed E-state index contributed by atoms with van der Waals surface area (Å²) >= 11 is 3.40. The van der Waals surface area contributed by atoms with Gasteiger partial charge in [-0.3, -0.25) is 4.31 Å². The summed E-state index contributed by atoms with van der Waals surface area (Å²) in [5.74, 6) is 0. The van der Waals surface area contributed by atoms with Crippen LogP contribution in [0.1, 0.15) is 12.8 Å². The third-order valence-electron chi connectivity index (χ3n) is 2.97. The Bertz CT molecular complexity index is 664. The summed E-state index contributed by atoms with van der Waals surface area (Å²) in [6.45, 7) is 0. The molecule has 2 rings (SSSR count). The van der Waals surface area contributed by atoms with Crippen molar-refractivity contribution in [3.8, 4) is 0 Å². The molecule has 0 aromatic heterocycles. The van der Waals surface area contributed by atoms with Gasteiger partial charge in [-0.05, 0) is 18.9 Å². The second-order valence-electron chi connectivity index (χ2n) is 4.33. The number of sulfonamides is 1. The molecule has 0 amide bonds. The van der Waals surface area contributed by atoms with Gasteiger partial charge >= 0.3 is 5.69 Å². The van der Waals surface area contributed by atoms with E-state index in [9.17, 15) is 8.42 Å². The van der Waals surface area contributed by atoms with Crippen molar-refractivity contribution in [2.24, 2.45) is 0 Å². The zero-order valence-electron chi connectivity index (χ0n) is 10.3. The van der Waals surface area contributed by atoms with E-state index in [1.54, 1.807) is 24.3 Å². The van der Waals surface area contributed by atoms with Gasteiger partial charge in [0.15, 0.2) is 4.98 Å². The quantitative estimate of drug-likeness (QED) is 0.791. The Morgan fingerprint density at radius 3 is 2.63 bits per heavy atom. The molecule has 100 valence electrons. The summed E-state index contributed by atoms with van der Waals surface area (Å²) in [7, 11) is -3.48. The average Bonchev–Trinajstić information content (AvgIpc) is 2.75. The molecule has 1 unspecified atom stereocenters. The standard InChI is InChI=1S/C12H13BrN3O2S/c1-19(17,18)16(11-8-4-5-9(11)13)12-7-3-2-6-10(12)15-14/h2-3,5-7,11H,4,8H2,1H3/q+1. The first kappa shape index (κ1) is 14.0. The number of allylic oxidation sites excluding steroid dienone is 1. The first-order valence-corrected chi connectivity index (χ1v) is 8.38. The number of halogens is 1. The second kappa shape index (κ2) is 5.31. The minimum absolute atomic E-state index is 0.236. The molecule has 0 heterocycles. The van der Waals surface area contributed by atoms with Gasteiger partial charge in [-0.1, -0.05) is 34.1 Å². The van der Waals surface area contributed by atoms with E-state index in [0.717, 1.165) is 17.2 Å². The zero-order chi connectivity index (χ0) is 14.0. The van der Waals surface area contributed by atoms with Crippen molar-refractivity contribution >= 4 is 37.3 Å². The van der Waals surface area contributed by atoms with Crippen molar-refractivity contribution < 1.29 is 8.42 Å². The first-order chi connectivity index (χ1) is 8.95. The Hall–Kier alpha value is -1.39. The van der Waals surface area contributed by atoms with Gasteiger partial charge in [0.1, 0.15) is 5.69 Å². The number of diazo groups is 1. The number of anilines is 1. The van der Waals surface area contributed by atoms with Crippen LogP contribution in [0.25, 0.3) is 4.98 Å². The molecule has 1 aliphatic rings. The maximum atomic E-state index is 12.1. The molecule has 7 heteroatoms. The summed E-state index contributed by atoms with van der Waals surface area (Å²) in [4.78, 5) is 3.16. The zero-order valence-corrected chi connectivity index (χ0v) is 12.7. The molecule has 0 saturated heterocycles. The summed E-state index contributed by atoms with van der Waals surface area (Å²) < 4.78 is 26.3. The molecule has 0 saturated carbocycles. The molecular formula is C12H13BrN3O2S+. The van der Waals surface area contributed by atoms with E-state index >= 15 is 0 Å². The van der Waals surface area contributed by atoms with Crippen LogP contribution in [0.2, 0.25) is 0 Å². The SMILES string of the molecule is CS(=O)(=O)N(c1ccccc1[N+]#N)C1CCC=C1Br. The van der Waals surface area contributed by atoms with Gasteiger partial charge in [0.2, 0.25) is 15.4 Å². The van der Waals surface area contributed by atoms with E-state index in [1.165, 1.54) is 4.31 Å². The molecule has 0 fully saturated rings. The van der Waals surface area contributed by atoms with E-state index in [-0.39, 0.29) is 11.7 Å². The van der Waals surface area contributed by atoms with Gasteiger partial charge in [0, 0.05) is 10.5 Å². The summed E-state index contributed by atoms with van der Waals surface area (Å²) in [5, 5.41) is 9.02. The largest absolute Gasteiger partial charge is 0.409 e. The lowest BCUT2D eigenvalue weighted by atomic mass is 10.2. The maximum Gasteiger partial charge on any atom is 0.409 e. The number of rotatable bonds is 3. The third kappa shape index (κ3) is 2.80. The van der Waals surface area contributed by atoms with E-state index in [0.29, 0.717) is 12.1 Å². The van der Waals surface area contributed by atoms with Gasteiger partial charge in [-0.2, -0.15) is 0 Å². The van der Waals surface area contributed by atoms with Gasteiger partial charge in [0.05, 0.1) is 12.3 Å². The van der Waals surface area contributed by atoms with Crippen LogP contribution in [0.3, 0.4) is 0 Å². The normalized spacial score (nSPS) is 18.8. The second-order valence-corrected chi connectivity index (χ2v) is 7.10. The summed E-state index contributed by atoms with van der Waals surface area (Å²) in [6.07, 6.45) is 4.63. The maximum absolute atomic E-state index is 12.1. The molecule has 5 nitrogen and oxygen atoms in total. The van der Waals surface area contributed by atoms with Crippen molar-refractivity contribution in [3.05, 3.63) is 39.8 Å². The predicted octanol–water partition coefficient (Wildman–Crippen LogP) is 3.38. The lowest BCUT2D eigenvalue weighted by Gasteiger charge is -2.27. The molecule has 0 radical (unpaired) electrons. The third-order valence-corrected chi connectivity index (χ3v) is 4.98. The van der Waals surface area contributed by atoms with Gasteiger partial charge in [0.25, 0.3) is 0 Å². The Balaban J connectivity index is 2.57. The van der Waals surface area contributed by atoms with Crippen molar-refractivity contribution in [1.82, 2.24) is 0 Å². The highest BCUT2D eigenvalue weighted by Gasteiger charge is 2.35. The topological polar surface area (TPSA) is 65.5 Å². The monoisotopic (exact) mass is 342 g/mol. The highest BCUT2D eigenvalue weighted by molar-refractivity contribution is 9.11. The van der Waals surface area contributed by atoms with Gasteiger partial charge < -0.3 is 0 Å². The minimum atomic E-state index is -3.48. The Morgan fingerprint density at radius 2 is 2.11 bits per heavy atom. The highest BCUT2D eigenvalue weighted by Crippen LogP contribution is 2.38. The number of hydrogen-bond acceptors (Lipinski definition) is 3. The van der Waals surface area contributed by atoms with E-state index in [4.69, 9.17) is 5.39 Å². The number of para-hydroxylation sites is 1. The summed E-state index contributed by atoms with van der Waals surface area (Å²) in [5.41, 5.74) is 0.616. The van der Waals surface area contributed by atoms with Crippen LogP contribution in [0.5, 0.6) is 0 Å². The van der Waals surface area contributed by atoms with Crippen molar-refractivity contribution in [1.29, 1.82) is 5.39 Å². The fourth-order valence-corrected chi connectivity index (χ4v) is 4.19. The molecule has 0 aliphatic heterocycles. The predicted molar refractivity (Wildman–Crippen MR) is 78.5 cm³/mol. The molecule has 0 bridgehead atoms. The van der Waals surface area contributed by atoms with E-state index < -0.39 is 10.0 Å². The molecular weight excluding hydrogens is 330 g/mol. The van der Waals surface area contributed by atoms with Crippen LogP contribution in [-0.4, -0.2) is 20.7 Å². The average molecular weight is 343 g/mol. The van der Waals surface area contributed by atoms with Crippen molar-refractivity contribution in [2.75, 3.05) is 10.6 Å². The smallest absolute Gasteiger partial charge is 0.254 e. The Labute approximate surface area is 120 Å². The van der Waals surface area contributed by atoms with E-state index in [1.807, 2.05) is 6.08 Å². The molecule has 0 N–H and O–H groups in total. The van der Waals surface area contributed by atoms with Crippen LogP contribution in [-0.2, 0) is 10.0 Å². The summed E-state index contributed by atoms with van der Waals surface area (Å²) in [6, 6.07) is 6.33. The highest BCUT2D eigenvalue weighted by atomic mass is 79.9. The Kier molecular flexibility index (Phi) is 3.92. The number of nitrogens with zero attached hydrogens (tertiary/aromatic N) is 3. The van der Waals surface area contributed by atoms with Crippen LogP contribution >= 0.6 is 15.9 Å². The minimum Gasteiger partial charge on any atom is -0.254 e. The molecule has 1 aromatic carbocycles. The fourth-order valence-electron chi connectivity index (χ4n) is 2.20. The first-order valence-electron chi connectivity index (χ1n) is 5.74. The molecule has 0 spiro atoms. The van der Waals surface area contributed by atoms with Crippen LogP contribution in [0.4, 0.5) is 11.4 Å². The lowest BCUT2D eigenvalue weighted by Crippen LogP contribution is -2.38. The van der Waals surface area contributed by atoms with Gasteiger partial charge in [-0.25, -0.2) is 8.42 Å². The van der Waals surface area contributed by atoms with Crippen LogP contribution in [0, 0.1) is 5.39 Å². The number of benzene rings is 1. The van der Waals surface area contributed by atoms with Crippen molar-refractivity contribution in [2.45, 2.75) is 18.9 Å². The molecule has 1 atom stereocenters. The molecule has 19 heavy (non-hydrogen) atoms. The van der Waals surface area contributed by atoms with Crippen LogP contribution < -0.4 is 4.31 Å². The number of hydrogen-bond donors (Lipinski definition) is 0. The fraction of sp³-hybridized carbons (Fsp3) is 0.333. The molecule has 1 aromatic rings. The lowest BCUT2D eigenvalue weighted by molar-refractivity contribution is 0.589. The Morgan fingerprint density at radius 1 is 1.42 bits per heavy atom. The van der Waals surface area contributed by atoms with E-state index in [2.05, 4.69) is 20.9 Å². The molecule has 1 aliphatic carbocycles. The van der Waals surface area contributed by atoms with Crippen LogP contribution in [0.15, 0.2) is 34.8 Å². The van der Waals surface area contributed by atoms with Crippen molar-refractivity contribution in [3.63, 3.8) is 0 Å².